The molecule has 1 aromatic carbocycles. The fourth-order valence-electron chi connectivity index (χ4n) is 4.65. The number of hydrogen-bond acceptors (Lipinski definition) is 4. The van der Waals surface area contributed by atoms with E-state index in [0.717, 1.165) is 61.9 Å². The Morgan fingerprint density at radius 1 is 1.03 bits per heavy atom. The second kappa shape index (κ2) is 7.32. The van der Waals surface area contributed by atoms with Crippen molar-refractivity contribution in [3.05, 3.63) is 83.9 Å². The van der Waals surface area contributed by atoms with E-state index in [1.807, 2.05) is 54.0 Å². The summed E-state index contributed by atoms with van der Waals surface area (Å²) in [4.78, 5) is 28.3. The number of benzene rings is 1. The molecular formula is C25H20N4OS. The van der Waals surface area contributed by atoms with Crippen LogP contribution in [0.3, 0.4) is 0 Å². The lowest BCUT2D eigenvalue weighted by atomic mass is 10.0. The standard InChI is InChI=1S/C25H20N4OS/c30-25(29-10-4-8-22(29)16-5-3-9-26-12-16)23-11-18-19(13-27-15-24(18)31-23)20-14-28-21-7-2-1-6-17(20)21/h1-3,5-7,9,11-15,22,28H,4,8,10H2/t22-/m1/s1. The lowest BCUT2D eigenvalue weighted by Crippen LogP contribution is -2.29. The summed E-state index contributed by atoms with van der Waals surface area (Å²) in [5, 5.41) is 2.23. The van der Waals surface area contributed by atoms with E-state index in [9.17, 15) is 4.79 Å². The van der Waals surface area contributed by atoms with Crippen LogP contribution in [-0.4, -0.2) is 32.3 Å². The van der Waals surface area contributed by atoms with Gasteiger partial charge in [0.25, 0.3) is 5.91 Å². The van der Waals surface area contributed by atoms with Gasteiger partial charge in [0.15, 0.2) is 0 Å². The Balaban J connectivity index is 1.41. The smallest absolute Gasteiger partial charge is 0.264 e. The number of para-hydroxylation sites is 1. The second-order valence-corrected chi connectivity index (χ2v) is 8.98. The van der Waals surface area contributed by atoms with Gasteiger partial charge in [0.1, 0.15) is 0 Å². The molecule has 152 valence electrons. The molecule has 5 aromatic rings. The van der Waals surface area contributed by atoms with Crippen LogP contribution in [0.25, 0.3) is 32.1 Å². The number of aromatic nitrogens is 3. The maximum atomic E-state index is 13.5. The Labute approximate surface area is 183 Å². The van der Waals surface area contributed by atoms with Gasteiger partial charge < -0.3 is 9.88 Å². The number of pyridine rings is 2. The number of amides is 1. The number of carbonyl (C=O) groups excluding carboxylic acids is 1. The van der Waals surface area contributed by atoms with E-state index in [4.69, 9.17) is 0 Å². The number of aromatic amines is 1. The molecule has 0 unspecified atom stereocenters. The highest BCUT2D eigenvalue weighted by Crippen LogP contribution is 2.39. The van der Waals surface area contributed by atoms with Crippen molar-refractivity contribution >= 4 is 38.2 Å². The van der Waals surface area contributed by atoms with E-state index in [2.05, 4.69) is 33.2 Å². The van der Waals surface area contributed by atoms with E-state index < -0.39 is 0 Å². The molecule has 5 heterocycles. The van der Waals surface area contributed by atoms with Crippen molar-refractivity contribution in [1.29, 1.82) is 0 Å². The van der Waals surface area contributed by atoms with Gasteiger partial charge in [-0.15, -0.1) is 11.3 Å². The molecule has 0 saturated carbocycles. The summed E-state index contributed by atoms with van der Waals surface area (Å²) < 4.78 is 1.03. The monoisotopic (exact) mass is 424 g/mol. The average molecular weight is 425 g/mol. The number of nitrogens with zero attached hydrogens (tertiary/aromatic N) is 3. The van der Waals surface area contributed by atoms with Crippen LogP contribution in [0.1, 0.15) is 34.1 Å². The molecule has 0 radical (unpaired) electrons. The molecule has 1 aliphatic heterocycles. The fraction of sp³-hybridized carbons (Fsp3) is 0.160. The van der Waals surface area contributed by atoms with E-state index >= 15 is 0 Å². The minimum Gasteiger partial charge on any atom is -0.361 e. The summed E-state index contributed by atoms with van der Waals surface area (Å²) in [6.45, 7) is 0.778. The molecule has 1 N–H and O–H groups in total. The SMILES string of the molecule is O=C(c1cc2c(-c3c[nH]c4ccccc34)cncc2s1)N1CCC[C@@H]1c1cccnc1. The third-order valence-electron chi connectivity index (χ3n) is 6.12. The molecule has 0 spiro atoms. The molecule has 0 aliphatic carbocycles. The average Bonchev–Trinajstić information content (AvgIpc) is 3.56. The zero-order valence-electron chi connectivity index (χ0n) is 16.8. The Hall–Kier alpha value is -3.51. The van der Waals surface area contributed by atoms with Gasteiger partial charge in [-0.3, -0.25) is 14.8 Å². The highest BCUT2D eigenvalue weighted by atomic mass is 32.1. The molecule has 1 saturated heterocycles. The summed E-state index contributed by atoms with van der Waals surface area (Å²) in [6, 6.07) is 14.4. The van der Waals surface area contributed by atoms with Crippen LogP contribution in [0.5, 0.6) is 0 Å². The molecule has 1 aliphatic rings. The van der Waals surface area contributed by atoms with Gasteiger partial charge in [-0.05, 0) is 36.6 Å². The summed E-state index contributed by atoms with van der Waals surface area (Å²) in [5.41, 5.74) is 4.36. The topological polar surface area (TPSA) is 61.9 Å². The van der Waals surface area contributed by atoms with Gasteiger partial charge >= 0.3 is 0 Å². The molecule has 31 heavy (non-hydrogen) atoms. The molecule has 1 fully saturated rings. The van der Waals surface area contributed by atoms with E-state index in [-0.39, 0.29) is 11.9 Å². The van der Waals surface area contributed by atoms with Gasteiger partial charge in [-0.2, -0.15) is 0 Å². The minimum atomic E-state index is 0.0948. The van der Waals surface area contributed by atoms with Gasteiger partial charge in [0.05, 0.1) is 15.6 Å². The first-order chi connectivity index (χ1) is 15.3. The Kier molecular flexibility index (Phi) is 4.32. The van der Waals surface area contributed by atoms with Gasteiger partial charge in [-0.25, -0.2) is 0 Å². The molecule has 1 amide bonds. The van der Waals surface area contributed by atoms with Crippen LogP contribution in [-0.2, 0) is 0 Å². The van der Waals surface area contributed by atoms with Crippen molar-refractivity contribution in [1.82, 2.24) is 19.9 Å². The largest absolute Gasteiger partial charge is 0.361 e. The molecule has 1 atom stereocenters. The highest BCUT2D eigenvalue weighted by molar-refractivity contribution is 7.20. The lowest BCUT2D eigenvalue weighted by Gasteiger charge is -2.24. The number of H-pyrrole nitrogens is 1. The lowest BCUT2D eigenvalue weighted by molar-refractivity contribution is 0.0740. The first kappa shape index (κ1) is 18.3. The van der Waals surface area contributed by atoms with Crippen LogP contribution in [0.2, 0.25) is 0 Å². The predicted molar refractivity (Wildman–Crippen MR) is 124 cm³/mol. The number of carbonyl (C=O) groups is 1. The Bertz CT molecular complexity index is 1410. The van der Waals surface area contributed by atoms with Crippen molar-refractivity contribution in [2.24, 2.45) is 0 Å². The van der Waals surface area contributed by atoms with Crippen molar-refractivity contribution in [3.63, 3.8) is 0 Å². The fourth-order valence-corrected chi connectivity index (χ4v) is 5.66. The summed E-state index contributed by atoms with van der Waals surface area (Å²) in [7, 11) is 0. The van der Waals surface area contributed by atoms with E-state index in [1.165, 1.54) is 11.3 Å². The molecule has 0 bridgehead atoms. The number of likely N-dealkylation sites (tertiary alicyclic amines) is 1. The summed E-state index contributed by atoms with van der Waals surface area (Å²) >= 11 is 1.53. The number of thiophene rings is 1. The van der Waals surface area contributed by atoms with Gasteiger partial charge in [-0.1, -0.05) is 24.3 Å². The molecule has 6 heteroatoms. The normalized spacial score (nSPS) is 16.4. The Morgan fingerprint density at radius 3 is 2.87 bits per heavy atom. The number of fused-ring (bicyclic) bond motifs is 2. The number of nitrogens with one attached hydrogen (secondary N) is 1. The van der Waals surface area contributed by atoms with Crippen LogP contribution in [0.4, 0.5) is 0 Å². The van der Waals surface area contributed by atoms with Crippen molar-refractivity contribution in [2.75, 3.05) is 6.54 Å². The maximum Gasteiger partial charge on any atom is 0.264 e. The zero-order valence-corrected chi connectivity index (χ0v) is 17.6. The maximum absolute atomic E-state index is 13.5. The minimum absolute atomic E-state index is 0.0948. The summed E-state index contributed by atoms with van der Waals surface area (Å²) in [5.74, 6) is 0.0948. The van der Waals surface area contributed by atoms with E-state index in [0.29, 0.717) is 0 Å². The first-order valence-corrected chi connectivity index (χ1v) is 11.3. The number of rotatable bonds is 3. The molecule has 5 nitrogen and oxygen atoms in total. The third kappa shape index (κ3) is 3.02. The molecular weight excluding hydrogens is 404 g/mol. The highest BCUT2D eigenvalue weighted by Gasteiger charge is 2.31. The molecule has 6 rings (SSSR count). The van der Waals surface area contributed by atoms with Crippen LogP contribution < -0.4 is 0 Å². The predicted octanol–water partition coefficient (Wildman–Crippen LogP) is 5.82. The molecule has 4 aromatic heterocycles. The van der Waals surface area contributed by atoms with Crippen LogP contribution >= 0.6 is 11.3 Å². The van der Waals surface area contributed by atoms with E-state index in [1.54, 1.807) is 6.20 Å². The van der Waals surface area contributed by atoms with Crippen molar-refractivity contribution in [3.8, 4) is 11.1 Å². The van der Waals surface area contributed by atoms with Gasteiger partial charge in [0.2, 0.25) is 0 Å². The third-order valence-corrected chi connectivity index (χ3v) is 7.18. The van der Waals surface area contributed by atoms with Crippen molar-refractivity contribution in [2.45, 2.75) is 18.9 Å². The zero-order chi connectivity index (χ0) is 20.8. The first-order valence-electron chi connectivity index (χ1n) is 10.4. The second-order valence-electron chi connectivity index (χ2n) is 7.90. The van der Waals surface area contributed by atoms with Crippen molar-refractivity contribution < 1.29 is 4.79 Å². The van der Waals surface area contributed by atoms with Gasteiger partial charge in [0, 0.05) is 64.9 Å². The Morgan fingerprint density at radius 2 is 1.97 bits per heavy atom. The van der Waals surface area contributed by atoms with Crippen LogP contribution in [0.15, 0.2) is 73.4 Å². The summed E-state index contributed by atoms with van der Waals surface area (Å²) in [6.07, 6.45) is 11.4. The quantitative estimate of drug-likeness (QED) is 0.397. The van der Waals surface area contributed by atoms with Crippen LogP contribution in [0, 0.1) is 0 Å². The number of hydrogen-bond donors (Lipinski definition) is 1.